The molecular formula is C13H14BrN3OS. The third-order valence-corrected chi connectivity index (χ3v) is 3.65. The summed E-state index contributed by atoms with van der Waals surface area (Å²) in [6, 6.07) is 5.68. The molecule has 1 aromatic heterocycles. The van der Waals surface area contributed by atoms with E-state index in [1.807, 2.05) is 32.0 Å². The molecule has 0 radical (unpaired) electrons. The van der Waals surface area contributed by atoms with E-state index < -0.39 is 0 Å². The molecule has 0 saturated carbocycles. The molecule has 0 aliphatic rings. The zero-order valence-corrected chi connectivity index (χ0v) is 13.1. The van der Waals surface area contributed by atoms with Gasteiger partial charge in [0, 0.05) is 15.7 Å². The van der Waals surface area contributed by atoms with Gasteiger partial charge in [-0.15, -0.1) is 0 Å². The molecule has 0 fully saturated rings. The van der Waals surface area contributed by atoms with Gasteiger partial charge in [0.1, 0.15) is 10.7 Å². The van der Waals surface area contributed by atoms with Crippen molar-refractivity contribution in [2.45, 2.75) is 20.4 Å². The van der Waals surface area contributed by atoms with E-state index in [0.29, 0.717) is 17.4 Å². The summed E-state index contributed by atoms with van der Waals surface area (Å²) in [5.74, 6) is 1.51. The minimum Gasteiger partial charge on any atom is -0.444 e. The van der Waals surface area contributed by atoms with Crippen LogP contribution in [0.4, 0.5) is 5.69 Å². The van der Waals surface area contributed by atoms with Gasteiger partial charge in [0.2, 0.25) is 5.89 Å². The first-order valence-corrected chi connectivity index (χ1v) is 6.93. The van der Waals surface area contributed by atoms with Crippen molar-refractivity contribution in [3.63, 3.8) is 0 Å². The molecule has 1 aromatic carbocycles. The lowest BCUT2D eigenvalue weighted by Crippen LogP contribution is -2.09. The predicted octanol–water partition coefficient (Wildman–Crippen LogP) is 3.30. The maximum absolute atomic E-state index is 5.58. The van der Waals surface area contributed by atoms with Gasteiger partial charge in [0.15, 0.2) is 0 Å². The Bertz CT molecular complexity index is 605. The maximum Gasteiger partial charge on any atom is 0.213 e. The summed E-state index contributed by atoms with van der Waals surface area (Å²) in [5.41, 5.74) is 8.27. The number of nitrogens with two attached hydrogens (primary N) is 1. The second-order valence-corrected chi connectivity index (χ2v) is 5.46. The maximum atomic E-state index is 5.58. The molecule has 2 aromatic rings. The number of aromatic nitrogens is 1. The van der Waals surface area contributed by atoms with E-state index in [2.05, 4.69) is 26.2 Å². The van der Waals surface area contributed by atoms with Crippen molar-refractivity contribution in [2.75, 3.05) is 5.32 Å². The molecule has 0 saturated heterocycles. The third-order valence-electron chi connectivity index (χ3n) is 2.76. The number of anilines is 1. The molecule has 0 spiro atoms. The second kappa shape index (κ2) is 5.71. The minimum atomic E-state index is 0.381. The number of nitrogens with one attached hydrogen (secondary N) is 1. The lowest BCUT2D eigenvalue weighted by atomic mass is 10.2. The van der Waals surface area contributed by atoms with Crippen molar-refractivity contribution in [1.29, 1.82) is 0 Å². The second-order valence-electron chi connectivity index (χ2n) is 4.16. The highest BCUT2D eigenvalue weighted by Gasteiger charge is 2.07. The zero-order valence-electron chi connectivity index (χ0n) is 10.7. The summed E-state index contributed by atoms with van der Waals surface area (Å²) in [5, 5.41) is 3.25. The van der Waals surface area contributed by atoms with Gasteiger partial charge in [0.05, 0.1) is 12.2 Å². The van der Waals surface area contributed by atoms with E-state index in [-0.39, 0.29) is 0 Å². The van der Waals surface area contributed by atoms with E-state index in [1.54, 1.807) is 0 Å². The van der Waals surface area contributed by atoms with Crippen molar-refractivity contribution >= 4 is 38.8 Å². The van der Waals surface area contributed by atoms with Crippen molar-refractivity contribution in [3.05, 3.63) is 45.6 Å². The first kappa shape index (κ1) is 14.0. The van der Waals surface area contributed by atoms with Crippen LogP contribution < -0.4 is 11.1 Å². The van der Waals surface area contributed by atoms with E-state index in [1.165, 1.54) is 0 Å². The van der Waals surface area contributed by atoms with Gasteiger partial charge < -0.3 is 15.5 Å². The van der Waals surface area contributed by atoms with Gasteiger partial charge in [-0.3, -0.25) is 0 Å². The van der Waals surface area contributed by atoms with Crippen molar-refractivity contribution in [3.8, 4) is 0 Å². The number of hydrogen-bond donors (Lipinski definition) is 2. The highest BCUT2D eigenvalue weighted by molar-refractivity contribution is 9.10. The molecule has 0 bridgehead atoms. The molecule has 3 N–H and O–H groups in total. The molecule has 19 heavy (non-hydrogen) atoms. The number of halogens is 1. The van der Waals surface area contributed by atoms with Crippen LogP contribution in [0.1, 0.15) is 22.9 Å². The molecule has 0 unspecified atom stereocenters. The average Bonchev–Trinajstić information content (AvgIpc) is 2.67. The highest BCUT2D eigenvalue weighted by Crippen LogP contribution is 2.24. The number of nitrogens with zero attached hydrogens (tertiary/aromatic N) is 1. The number of benzene rings is 1. The molecule has 0 aliphatic heterocycles. The summed E-state index contributed by atoms with van der Waals surface area (Å²) < 4.78 is 6.41. The van der Waals surface area contributed by atoms with Crippen molar-refractivity contribution in [2.24, 2.45) is 5.73 Å². The monoisotopic (exact) mass is 339 g/mol. The van der Waals surface area contributed by atoms with E-state index in [0.717, 1.165) is 27.2 Å². The number of thiocarbonyl (C=S) groups is 1. The number of hydrogen-bond acceptors (Lipinski definition) is 4. The summed E-state index contributed by atoms with van der Waals surface area (Å²) in [6.45, 7) is 4.35. The molecular weight excluding hydrogens is 326 g/mol. The average molecular weight is 340 g/mol. The fourth-order valence-corrected chi connectivity index (χ4v) is 2.24. The molecule has 0 aliphatic carbocycles. The number of aryl methyl sites for hydroxylation is 2. The first-order chi connectivity index (χ1) is 8.97. The summed E-state index contributed by atoms with van der Waals surface area (Å²) in [6.07, 6.45) is 0. The predicted molar refractivity (Wildman–Crippen MR) is 83.3 cm³/mol. The fraction of sp³-hybridized carbons (Fsp3) is 0.231. The van der Waals surface area contributed by atoms with Crippen LogP contribution >= 0.6 is 28.1 Å². The van der Waals surface area contributed by atoms with Crippen molar-refractivity contribution in [1.82, 2.24) is 4.98 Å². The van der Waals surface area contributed by atoms with E-state index >= 15 is 0 Å². The minimum absolute atomic E-state index is 0.381. The van der Waals surface area contributed by atoms with Crippen LogP contribution in [0.15, 0.2) is 27.1 Å². The van der Waals surface area contributed by atoms with Gasteiger partial charge in [-0.25, -0.2) is 4.98 Å². The Hall–Kier alpha value is -1.40. The van der Waals surface area contributed by atoms with Crippen LogP contribution in [0.3, 0.4) is 0 Å². The smallest absolute Gasteiger partial charge is 0.213 e. The van der Waals surface area contributed by atoms with Crippen LogP contribution in [0.2, 0.25) is 0 Å². The van der Waals surface area contributed by atoms with E-state index in [4.69, 9.17) is 22.4 Å². The van der Waals surface area contributed by atoms with Gasteiger partial charge in [0.25, 0.3) is 0 Å². The largest absolute Gasteiger partial charge is 0.444 e. The zero-order chi connectivity index (χ0) is 14.0. The van der Waals surface area contributed by atoms with E-state index in [9.17, 15) is 0 Å². The molecule has 2 rings (SSSR count). The quantitative estimate of drug-likeness (QED) is 0.836. The summed E-state index contributed by atoms with van der Waals surface area (Å²) >= 11 is 8.41. The Balaban J connectivity index is 2.09. The number of oxazole rings is 1. The molecule has 6 heteroatoms. The Labute approximate surface area is 125 Å². The van der Waals surface area contributed by atoms with Gasteiger partial charge in [-0.2, -0.15) is 0 Å². The van der Waals surface area contributed by atoms with Crippen LogP contribution in [0.5, 0.6) is 0 Å². The molecule has 4 nitrogen and oxygen atoms in total. The van der Waals surface area contributed by atoms with Gasteiger partial charge >= 0.3 is 0 Å². The molecule has 0 amide bonds. The summed E-state index contributed by atoms with van der Waals surface area (Å²) in [4.78, 5) is 4.70. The first-order valence-electron chi connectivity index (χ1n) is 5.73. The topological polar surface area (TPSA) is 64.1 Å². The Morgan fingerprint density at radius 3 is 2.74 bits per heavy atom. The Kier molecular flexibility index (Phi) is 4.21. The molecule has 100 valence electrons. The Morgan fingerprint density at radius 1 is 1.47 bits per heavy atom. The lowest BCUT2D eigenvalue weighted by Gasteiger charge is -2.08. The van der Waals surface area contributed by atoms with Crippen LogP contribution in [0, 0.1) is 13.8 Å². The van der Waals surface area contributed by atoms with Crippen molar-refractivity contribution < 1.29 is 4.42 Å². The fourth-order valence-electron chi connectivity index (χ4n) is 1.60. The van der Waals surface area contributed by atoms with Crippen LogP contribution in [0.25, 0.3) is 0 Å². The third kappa shape index (κ3) is 3.33. The normalized spacial score (nSPS) is 10.5. The molecule has 1 heterocycles. The van der Waals surface area contributed by atoms with Crippen LogP contribution in [-0.2, 0) is 6.54 Å². The SMILES string of the molecule is Cc1nc(CNc2ccc(C(N)=S)cc2Br)oc1C. The van der Waals surface area contributed by atoms with Gasteiger partial charge in [-0.05, 0) is 48.0 Å². The van der Waals surface area contributed by atoms with Gasteiger partial charge in [-0.1, -0.05) is 12.2 Å². The standard InChI is InChI=1S/C13H14BrN3OS/c1-7-8(2)18-12(17-7)6-16-11-4-3-9(13(15)19)5-10(11)14/h3-5,16H,6H2,1-2H3,(H2,15,19). The van der Waals surface area contributed by atoms with Crippen LogP contribution in [-0.4, -0.2) is 9.97 Å². The lowest BCUT2D eigenvalue weighted by molar-refractivity contribution is 0.478. The summed E-state index contributed by atoms with van der Waals surface area (Å²) in [7, 11) is 0. The molecule has 0 atom stereocenters. The Morgan fingerprint density at radius 2 is 2.21 bits per heavy atom. The highest BCUT2D eigenvalue weighted by atomic mass is 79.9. The number of rotatable bonds is 4.